The largest absolute Gasteiger partial charge is 0.451 e. The lowest BCUT2D eigenvalue weighted by molar-refractivity contribution is -0.152. The molecule has 0 aromatic heterocycles. The molecular weight excluding hydrogens is 398 g/mol. The van der Waals surface area contributed by atoms with Gasteiger partial charge in [-0.05, 0) is 49.4 Å². The molecule has 0 radical (unpaired) electrons. The van der Waals surface area contributed by atoms with Gasteiger partial charge in [-0.25, -0.2) is 4.39 Å². The molecule has 2 aromatic rings. The highest BCUT2D eigenvalue weighted by Gasteiger charge is 2.19. The first-order chi connectivity index (χ1) is 12.8. The number of hydrogen-bond donors (Lipinski definition) is 2. The van der Waals surface area contributed by atoms with Crippen molar-refractivity contribution in [3.05, 3.63) is 63.9 Å². The lowest BCUT2D eigenvalue weighted by Crippen LogP contribution is -2.35. The van der Waals surface area contributed by atoms with Crippen molar-refractivity contribution in [2.24, 2.45) is 0 Å². The molecule has 2 N–H and O–H groups in total. The molecule has 9 heteroatoms. The Labute approximate surface area is 164 Å². The van der Waals surface area contributed by atoms with Crippen LogP contribution in [0.2, 0.25) is 10.0 Å². The number of halogens is 3. The van der Waals surface area contributed by atoms with E-state index in [1.54, 1.807) is 0 Å². The summed E-state index contributed by atoms with van der Waals surface area (Å²) in [7, 11) is 0. The summed E-state index contributed by atoms with van der Waals surface area (Å²) in [5, 5.41) is 5.33. The van der Waals surface area contributed by atoms with Gasteiger partial charge in [-0.15, -0.1) is 0 Å². The van der Waals surface area contributed by atoms with E-state index in [0.717, 1.165) is 0 Å². The van der Waals surface area contributed by atoms with Crippen molar-refractivity contribution >= 4 is 46.7 Å². The molecule has 27 heavy (non-hydrogen) atoms. The van der Waals surface area contributed by atoms with Crippen LogP contribution >= 0.6 is 23.2 Å². The maximum atomic E-state index is 12.8. The molecular formula is C18H15Cl2FN2O4. The summed E-state index contributed by atoms with van der Waals surface area (Å²) >= 11 is 11.7. The summed E-state index contributed by atoms with van der Waals surface area (Å²) in [4.78, 5) is 35.8. The molecule has 2 rings (SSSR count). The molecule has 0 aliphatic rings. The highest BCUT2D eigenvalue weighted by molar-refractivity contribution is 6.36. The Morgan fingerprint density at radius 1 is 1.11 bits per heavy atom. The Balaban J connectivity index is 1.82. The molecule has 1 atom stereocenters. The monoisotopic (exact) mass is 412 g/mol. The Bertz CT molecular complexity index is 859. The van der Waals surface area contributed by atoms with E-state index < -0.39 is 36.2 Å². The summed E-state index contributed by atoms with van der Waals surface area (Å²) in [6.07, 6.45) is -1.11. The average molecular weight is 413 g/mol. The molecule has 6 nitrogen and oxygen atoms in total. The smallest absolute Gasteiger partial charge is 0.326 e. The van der Waals surface area contributed by atoms with Crippen LogP contribution in [0.25, 0.3) is 0 Å². The van der Waals surface area contributed by atoms with Gasteiger partial charge in [0.1, 0.15) is 12.4 Å². The first-order valence-corrected chi connectivity index (χ1v) is 8.51. The van der Waals surface area contributed by atoms with Gasteiger partial charge in [-0.2, -0.15) is 0 Å². The minimum Gasteiger partial charge on any atom is -0.451 e. The lowest BCUT2D eigenvalue weighted by atomic mass is 10.2. The molecule has 0 aliphatic carbocycles. The zero-order valence-corrected chi connectivity index (χ0v) is 15.6. The molecule has 0 heterocycles. The Hall–Kier alpha value is -2.64. The number of rotatable bonds is 6. The molecule has 2 amide bonds. The zero-order chi connectivity index (χ0) is 20.0. The van der Waals surface area contributed by atoms with Crippen LogP contribution in [0.15, 0.2) is 42.5 Å². The SMILES string of the molecule is C[C@@H](OC(=O)CNC(=O)c1ccc(Cl)cc1Cl)C(=O)Nc1ccc(F)cc1. The van der Waals surface area contributed by atoms with Crippen LogP contribution in [0.5, 0.6) is 0 Å². The predicted octanol–water partition coefficient (Wildman–Crippen LogP) is 3.43. The van der Waals surface area contributed by atoms with Gasteiger partial charge in [0.15, 0.2) is 6.10 Å². The van der Waals surface area contributed by atoms with Crippen molar-refractivity contribution in [3.8, 4) is 0 Å². The van der Waals surface area contributed by atoms with Gasteiger partial charge in [0.05, 0.1) is 10.6 Å². The number of benzene rings is 2. The van der Waals surface area contributed by atoms with Gasteiger partial charge < -0.3 is 15.4 Å². The van der Waals surface area contributed by atoms with Gasteiger partial charge in [0.25, 0.3) is 11.8 Å². The van der Waals surface area contributed by atoms with Crippen molar-refractivity contribution in [1.29, 1.82) is 0 Å². The fourth-order valence-electron chi connectivity index (χ4n) is 1.99. The second-order valence-corrected chi connectivity index (χ2v) is 6.28. The molecule has 142 valence electrons. The standard InChI is InChI=1S/C18H15Cl2FN2O4/c1-10(17(25)23-13-5-3-12(21)4-6-13)27-16(24)9-22-18(26)14-7-2-11(19)8-15(14)20/h2-8,10H,9H2,1H3,(H,22,26)(H,23,25)/t10-/m1/s1. The van der Waals surface area contributed by atoms with Crippen molar-refractivity contribution in [2.75, 3.05) is 11.9 Å². The third kappa shape index (κ3) is 6.23. The second-order valence-electron chi connectivity index (χ2n) is 5.44. The van der Waals surface area contributed by atoms with E-state index in [1.807, 2.05) is 0 Å². The zero-order valence-electron chi connectivity index (χ0n) is 14.1. The van der Waals surface area contributed by atoms with Crippen LogP contribution in [0.3, 0.4) is 0 Å². The number of amides is 2. The highest BCUT2D eigenvalue weighted by atomic mass is 35.5. The Kier molecular flexibility index (Phi) is 7.15. The Morgan fingerprint density at radius 3 is 2.41 bits per heavy atom. The number of anilines is 1. The van der Waals surface area contributed by atoms with Gasteiger partial charge >= 0.3 is 5.97 Å². The lowest BCUT2D eigenvalue weighted by Gasteiger charge is -2.14. The fraction of sp³-hybridized carbons (Fsp3) is 0.167. The van der Waals surface area contributed by atoms with Crippen LogP contribution in [-0.4, -0.2) is 30.4 Å². The van der Waals surface area contributed by atoms with Gasteiger partial charge in [0.2, 0.25) is 0 Å². The van der Waals surface area contributed by atoms with E-state index >= 15 is 0 Å². The van der Waals surface area contributed by atoms with Gasteiger partial charge in [0, 0.05) is 10.7 Å². The first kappa shape index (κ1) is 20.7. The summed E-state index contributed by atoms with van der Waals surface area (Å²) in [5.74, 6) is -2.43. The van der Waals surface area contributed by atoms with E-state index in [2.05, 4.69) is 10.6 Å². The van der Waals surface area contributed by atoms with E-state index in [0.29, 0.717) is 10.7 Å². The maximum absolute atomic E-state index is 12.8. The maximum Gasteiger partial charge on any atom is 0.326 e. The molecule has 2 aromatic carbocycles. The van der Waals surface area contributed by atoms with E-state index in [9.17, 15) is 18.8 Å². The summed E-state index contributed by atoms with van der Waals surface area (Å²) < 4.78 is 17.8. The molecule has 0 bridgehead atoms. The minimum absolute atomic E-state index is 0.139. The number of ether oxygens (including phenoxy) is 1. The van der Waals surface area contributed by atoms with Crippen LogP contribution in [0.4, 0.5) is 10.1 Å². The number of hydrogen-bond acceptors (Lipinski definition) is 4. The number of carbonyl (C=O) groups excluding carboxylic acids is 3. The minimum atomic E-state index is -1.11. The first-order valence-electron chi connectivity index (χ1n) is 7.75. The van der Waals surface area contributed by atoms with Crippen LogP contribution in [0.1, 0.15) is 17.3 Å². The molecule has 0 spiro atoms. The molecule has 0 saturated heterocycles. The normalized spacial score (nSPS) is 11.4. The number of esters is 1. The van der Waals surface area contributed by atoms with E-state index in [1.165, 1.54) is 49.4 Å². The van der Waals surface area contributed by atoms with Crippen molar-refractivity contribution in [1.82, 2.24) is 5.32 Å². The van der Waals surface area contributed by atoms with Crippen molar-refractivity contribution in [3.63, 3.8) is 0 Å². The molecule has 0 saturated carbocycles. The summed E-state index contributed by atoms with van der Waals surface area (Å²) in [6, 6.07) is 9.42. The third-order valence-corrected chi connectivity index (χ3v) is 3.91. The average Bonchev–Trinajstić information content (AvgIpc) is 2.61. The Morgan fingerprint density at radius 2 is 1.78 bits per heavy atom. The molecule has 0 unspecified atom stereocenters. The van der Waals surface area contributed by atoms with E-state index in [4.69, 9.17) is 27.9 Å². The fourth-order valence-corrected chi connectivity index (χ4v) is 2.49. The number of nitrogens with one attached hydrogen (secondary N) is 2. The number of carbonyl (C=O) groups is 3. The van der Waals surface area contributed by atoms with Crippen molar-refractivity contribution in [2.45, 2.75) is 13.0 Å². The molecule has 0 fully saturated rings. The van der Waals surface area contributed by atoms with Crippen molar-refractivity contribution < 1.29 is 23.5 Å². The topological polar surface area (TPSA) is 84.5 Å². The second kappa shape index (κ2) is 9.34. The van der Waals surface area contributed by atoms with Gasteiger partial charge in [-0.3, -0.25) is 14.4 Å². The quantitative estimate of drug-likeness (QED) is 0.711. The molecule has 0 aliphatic heterocycles. The van der Waals surface area contributed by atoms with E-state index in [-0.39, 0.29) is 10.6 Å². The van der Waals surface area contributed by atoms with Gasteiger partial charge in [-0.1, -0.05) is 23.2 Å². The third-order valence-electron chi connectivity index (χ3n) is 3.36. The predicted molar refractivity (Wildman–Crippen MR) is 99.4 cm³/mol. The summed E-state index contributed by atoms with van der Waals surface area (Å²) in [5.41, 5.74) is 0.506. The van der Waals surface area contributed by atoms with Crippen LogP contribution < -0.4 is 10.6 Å². The summed E-state index contributed by atoms with van der Waals surface area (Å²) in [6.45, 7) is 0.917. The highest BCUT2D eigenvalue weighted by Crippen LogP contribution is 2.20. The van der Waals surface area contributed by atoms with Crippen LogP contribution in [-0.2, 0) is 14.3 Å². The van der Waals surface area contributed by atoms with Crippen LogP contribution in [0, 0.1) is 5.82 Å².